The first-order valence-corrected chi connectivity index (χ1v) is 5.05. The monoisotopic (exact) mass is 170 g/mol. The summed E-state index contributed by atoms with van der Waals surface area (Å²) in [4.78, 5) is 3.18. The highest BCUT2D eigenvalue weighted by Crippen LogP contribution is 2.38. The van der Waals surface area contributed by atoms with Crippen LogP contribution in [0.3, 0.4) is 0 Å². The fourth-order valence-corrected chi connectivity index (χ4v) is 2.94. The molecule has 0 radical (unpaired) electrons. The van der Waals surface area contributed by atoms with E-state index in [0.29, 0.717) is 5.41 Å². The summed E-state index contributed by atoms with van der Waals surface area (Å²) < 4.78 is 0. The Kier molecular flexibility index (Phi) is 2.29. The highest BCUT2D eigenvalue weighted by atomic mass is 32.1. The molecule has 0 unspecified atom stereocenters. The Hall–Kier alpha value is -0.0400. The Morgan fingerprint density at radius 2 is 1.73 bits per heavy atom. The van der Waals surface area contributed by atoms with Crippen LogP contribution in [0, 0.1) is 5.41 Å². The predicted octanol–water partition coefficient (Wildman–Crippen LogP) is 3.37. The van der Waals surface area contributed by atoms with Crippen LogP contribution >= 0.6 is 11.4 Å². The Morgan fingerprint density at radius 3 is 1.91 bits per heavy atom. The summed E-state index contributed by atoms with van der Waals surface area (Å²) in [6.45, 7) is 11.4. The van der Waals surface area contributed by atoms with Gasteiger partial charge in [-0.2, -0.15) is 11.4 Å². The number of rotatable bonds is 0. The smallest absolute Gasteiger partial charge is 0.00397 e. The summed E-state index contributed by atoms with van der Waals surface area (Å²) >= 11 is 1.48. The van der Waals surface area contributed by atoms with Crippen molar-refractivity contribution in [2.75, 3.05) is 0 Å². The van der Waals surface area contributed by atoms with E-state index in [4.69, 9.17) is 0 Å². The van der Waals surface area contributed by atoms with Crippen molar-refractivity contribution < 1.29 is 0 Å². The molecule has 0 amide bonds. The molecule has 0 aromatic rings. The molecule has 0 saturated carbocycles. The zero-order chi connectivity index (χ0) is 8.65. The van der Waals surface area contributed by atoms with E-state index in [-0.39, 0.29) is 0 Å². The van der Waals surface area contributed by atoms with Gasteiger partial charge in [0.05, 0.1) is 0 Å². The first-order chi connectivity index (χ1) is 4.91. The van der Waals surface area contributed by atoms with E-state index in [1.54, 1.807) is 15.3 Å². The molecule has 64 valence electrons. The molecule has 0 aromatic carbocycles. The second kappa shape index (κ2) is 2.78. The van der Waals surface area contributed by atoms with Crippen molar-refractivity contribution in [1.29, 1.82) is 0 Å². The van der Waals surface area contributed by atoms with E-state index in [9.17, 15) is 0 Å². The first kappa shape index (κ1) is 9.05. The average Bonchev–Trinajstić information content (AvgIpc) is 2.08. The third-order valence-electron chi connectivity index (χ3n) is 2.13. The average molecular weight is 170 g/mol. The van der Waals surface area contributed by atoms with Crippen LogP contribution in [0.1, 0.15) is 41.0 Å². The van der Waals surface area contributed by atoms with E-state index in [1.165, 1.54) is 17.8 Å². The van der Waals surface area contributed by atoms with Crippen molar-refractivity contribution in [2.45, 2.75) is 41.0 Å². The molecule has 11 heavy (non-hydrogen) atoms. The zero-order valence-corrected chi connectivity index (χ0v) is 9.05. The molecule has 0 atom stereocenters. The van der Waals surface area contributed by atoms with Crippen LogP contribution in [-0.4, -0.2) is 4.86 Å². The molecule has 0 nitrogen and oxygen atoms in total. The van der Waals surface area contributed by atoms with Crippen LogP contribution in [-0.2, 0) is 0 Å². The van der Waals surface area contributed by atoms with Gasteiger partial charge < -0.3 is 0 Å². The number of hydrogen-bond acceptors (Lipinski definition) is 0. The summed E-state index contributed by atoms with van der Waals surface area (Å²) in [5.74, 6) is 0. The van der Waals surface area contributed by atoms with Gasteiger partial charge in [-0.05, 0) is 35.5 Å². The number of allylic oxidation sites excluding steroid dienone is 2. The van der Waals surface area contributed by atoms with Gasteiger partial charge in [-0.25, -0.2) is 0 Å². The second-order valence-corrected chi connectivity index (χ2v) is 6.00. The molecule has 0 spiro atoms. The van der Waals surface area contributed by atoms with Gasteiger partial charge in [0.1, 0.15) is 0 Å². The van der Waals surface area contributed by atoms with Gasteiger partial charge >= 0.3 is 0 Å². The highest BCUT2D eigenvalue weighted by molar-refractivity contribution is 8.02. The van der Waals surface area contributed by atoms with E-state index >= 15 is 0 Å². The minimum atomic E-state index is 0.384. The van der Waals surface area contributed by atoms with Crippen LogP contribution < -0.4 is 0 Å². The maximum absolute atomic E-state index is 2.31. The Balaban J connectivity index is 2.88. The normalized spacial score (nSPS) is 19.9. The van der Waals surface area contributed by atoms with Crippen LogP contribution in [0.5, 0.6) is 0 Å². The molecular formula is C10H18S. The van der Waals surface area contributed by atoms with Crippen LogP contribution in [0.25, 0.3) is 0 Å². The van der Waals surface area contributed by atoms with Gasteiger partial charge in [-0.1, -0.05) is 26.3 Å². The fraction of sp³-hybridized carbons (Fsp3) is 0.700. The Bertz CT molecular complexity index is 226. The lowest BCUT2D eigenvalue weighted by Crippen LogP contribution is -2.10. The SMILES string of the molecule is CC1=[SH]C(C)=C(C(C)(C)C)C1. The third-order valence-corrected chi connectivity index (χ3v) is 3.28. The van der Waals surface area contributed by atoms with Gasteiger partial charge in [0.25, 0.3) is 0 Å². The Labute approximate surface area is 73.7 Å². The molecule has 0 bridgehead atoms. The highest BCUT2D eigenvalue weighted by Gasteiger charge is 2.22. The van der Waals surface area contributed by atoms with Crippen LogP contribution in [0.15, 0.2) is 10.5 Å². The summed E-state index contributed by atoms with van der Waals surface area (Å²) in [5, 5.41) is 0. The Morgan fingerprint density at radius 1 is 1.18 bits per heavy atom. The van der Waals surface area contributed by atoms with Gasteiger partial charge in [-0.3, -0.25) is 0 Å². The van der Waals surface area contributed by atoms with E-state index < -0.39 is 0 Å². The maximum atomic E-state index is 2.31. The lowest BCUT2D eigenvalue weighted by Gasteiger charge is -2.21. The lowest BCUT2D eigenvalue weighted by molar-refractivity contribution is 0.496. The predicted molar refractivity (Wildman–Crippen MR) is 56.4 cm³/mol. The van der Waals surface area contributed by atoms with Crippen molar-refractivity contribution in [3.05, 3.63) is 10.5 Å². The minimum absolute atomic E-state index is 0.384. The summed E-state index contributed by atoms with van der Waals surface area (Å²) in [6.07, 6.45) is 1.23. The molecular weight excluding hydrogens is 152 g/mol. The lowest BCUT2D eigenvalue weighted by atomic mass is 9.84. The quantitative estimate of drug-likeness (QED) is 0.418. The molecule has 0 aliphatic carbocycles. The summed E-state index contributed by atoms with van der Waals surface area (Å²) in [5.41, 5.74) is 2.03. The minimum Gasteiger partial charge on any atom is -0.174 e. The fourth-order valence-electron chi connectivity index (χ4n) is 1.58. The summed E-state index contributed by atoms with van der Waals surface area (Å²) in [6, 6.07) is 0. The van der Waals surface area contributed by atoms with Crippen molar-refractivity contribution in [3.8, 4) is 0 Å². The molecule has 1 heterocycles. The van der Waals surface area contributed by atoms with Gasteiger partial charge in [-0.15, -0.1) is 0 Å². The molecule has 0 fully saturated rings. The van der Waals surface area contributed by atoms with Crippen LogP contribution in [0.4, 0.5) is 0 Å². The van der Waals surface area contributed by atoms with Gasteiger partial charge in [0.2, 0.25) is 0 Å². The molecule has 0 N–H and O–H groups in total. The molecule has 0 saturated heterocycles. The number of thiol groups is 1. The molecule has 1 heteroatoms. The van der Waals surface area contributed by atoms with Crippen molar-refractivity contribution in [1.82, 2.24) is 0 Å². The van der Waals surface area contributed by atoms with E-state index in [2.05, 4.69) is 34.6 Å². The molecule has 0 aromatic heterocycles. The largest absolute Gasteiger partial charge is 0.174 e. The summed E-state index contributed by atoms with van der Waals surface area (Å²) in [7, 11) is 0. The topological polar surface area (TPSA) is 0 Å². The standard InChI is InChI=1S/C10H18S/c1-7-6-9(8(2)11-7)10(3,4)5/h11H,6H2,1-5H3. The molecule has 1 rings (SSSR count). The molecule has 1 aliphatic rings. The second-order valence-electron chi connectivity index (χ2n) is 4.34. The van der Waals surface area contributed by atoms with Crippen molar-refractivity contribution in [3.63, 3.8) is 0 Å². The van der Waals surface area contributed by atoms with E-state index in [1.807, 2.05) is 0 Å². The third kappa shape index (κ3) is 1.96. The van der Waals surface area contributed by atoms with Gasteiger partial charge in [0.15, 0.2) is 0 Å². The van der Waals surface area contributed by atoms with Gasteiger partial charge in [0, 0.05) is 0 Å². The molecule has 1 aliphatic heterocycles. The maximum Gasteiger partial charge on any atom is -0.00397 e. The first-order valence-electron chi connectivity index (χ1n) is 4.15. The van der Waals surface area contributed by atoms with Crippen molar-refractivity contribution >= 4 is 16.2 Å². The zero-order valence-electron chi connectivity index (χ0n) is 8.15. The van der Waals surface area contributed by atoms with E-state index in [0.717, 1.165) is 0 Å². The number of hydrogen-bond donors (Lipinski definition) is 1. The van der Waals surface area contributed by atoms with Crippen molar-refractivity contribution in [2.24, 2.45) is 5.41 Å². The van der Waals surface area contributed by atoms with Crippen LogP contribution in [0.2, 0.25) is 0 Å².